The highest BCUT2D eigenvalue weighted by molar-refractivity contribution is 5.13. The van der Waals surface area contributed by atoms with Crippen LogP contribution in [0.15, 0.2) is 0 Å². The highest BCUT2D eigenvalue weighted by Crippen LogP contribution is 2.36. The first-order chi connectivity index (χ1) is 5.74. The van der Waals surface area contributed by atoms with E-state index >= 15 is 0 Å². The van der Waals surface area contributed by atoms with E-state index in [0.29, 0.717) is 6.04 Å². The maximum absolute atomic E-state index is 9.10. The average Bonchev–Trinajstić information content (AvgIpc) is 2.77. The third-order valence-electron chi connectivity index (χ3n) is 3.03. The van der Waals surface area contributed by atoms with Gasteiger partial charge in [-0.15, -0.1) is 0 Å². The molecule has 2 nitrogen and oxygen atoms in total. The Labute approximate surface area is 74.0 Å². The van der Waals surface area contributed by atoms with Crippen molar-refractivity contribution in [1.82, 2.24) is 5.32 Å². The van der Waals surface area contributed by atoms with Gasteiger partial charge in [-0.3, -0.25) is 5.32 Å². The summed E-state index contributed by atoms with van der Waals surface area (Å²) >= 11 is 0. The lowest BCUT2D eigenvalue weighted by atomic mass is 9.98. The maximum Gasteiger partial charge on any atom is 0.107 e. The summed E-state index contributed by atoms with van der Waals surface area (Å²) in [5.41, 5.74) is -0.152. The molecule has 0 aromatic rings. The third-order valence-corrected chi connectivity index (χ3v) is 3.03. The van der Waals surface area contributed by atoms with Crippen LogP contribution in [0.2, 0.25) is 0 Å². The van der Waals surface area contributed by atoms with E-state index in [1.165, 1.54) is 19.3 Å². The predicted molar refractivity (Wildman–Crippen MR) is 47.5 cm³/mol. The molecule has 12 heavy (non-hydrogen) atoms. The molecule has 0 bridgehead atoms. The van der Waals surface area contributed by atoms with E-state index in [-0.39, 0.29) is 5.54 Å². The second-order valence-electron chi connectivity index (χ2n) is 4.46. The number of hydrogen-bond donors (Lipinski definition) is 1. The summed E-state index contributed by atoms with van der Waals surface area (Å²) < 4.78 is 0. The zero-order chi connectivity index (χ0) is 8.60. The average molecular weight is 164 g/mol. The van der Waals surface area contributed by atoms with Gasteiger partial charge < -0.3 is 0 Å². The number of nitriles is 1. The monoisotopic (exact) mass is 164 g/mol. The van der Waals surface area contributed by atoms with E-state index in [1.54, 1.807) is 0 Å². The Hall–Kier alpha value is -0.550. The van der Waals surface area contributed by atoms with E-state index in [2.05, 4.69) is 18.3 Å². The molecule has 2 atom stereocenters. The Morgan fingerprint density at radius 1 is 1.42 bits per heavy atom. The van der Waals surface area contributed by atoms with Gasteiger partial charge in [0.05, 0.1) is 6.07 Å². The molecule has 2 heteroatoms. The molecular weight excluding hydrogens is 148 g/mol. The van der Waals surface area contributed by atoms with Gasteiger partial charge in [-0.25, -0.2) is 0 Å². The minimum Gasteiger partial charge on any atom is -0.297 e. The molecule has 2 aliphatic rings. The third kappa shape index (κ3) is 1.47. The zero-order valence-electron chi connectivity index (χ0n) is 7.64. The molecule has 2 rings (SSSR count). The SMILES string of the molecule is CC1CCC(C#N)(NC2CC2)C1. The van der Waals surface area contributed by atoms with Crippen molar-refractivity contribution in [1.29, 1.82) is 5.26 Å². The smallest absolute Gasteiger partial charge is 0.107 e. The molecular formula is C10H16N2. The van der Waals surface area contributed by atoms with E-state index in [1.807, 2.05) is 0 Å². The first kappa shape index (κ1) is 8.07. The highest BCUT2D eigenvalue weighted by Gasteiger charge is 2.41. The molecule has 2 unspecified atom stereocenters. The first-order valence-corrected chi connectivity index (χ1v) is 4.93. The quantitative estimate of drug-likeness (QED) is 0.675. The van der Waals surface area contributed by atoms with Crippen LogP contribution in [0, 0.1) is 17.2 Å². The summed E-state index contributed by atoms with van der Waals surface area (Å²) in [7, 11) is 0. The van der Waals surface area contributed by atoms with Gasteiger partial charge in [-0.05, 0) is 38.0 Å². The summed E-state index contributed by atoms with van der Waals surface area (Å²) in [5.74, 6) is 0.732. The van der Waals surface area contributed by atoms with E-state index in [9.17, 15) is 0 Å². The highest BCUT2D eigenvalue weighted by atomic mass is 15.0. The molecule has 0 aromatic heterocycles. The second-order valence-corrected chi connectivity index (χ2v) is 4.46. The van der Waals surface area contributed by atoms with Crippen molar-refractivity contribution in [3.63, 3.8) is 0 Å². The molecule has 0 aliphatic heterocycles. The second kappa shape index (κ2) is 2.74. The van der Waals surface area contributed by atoms with Gasteiger partial charge in [0.2, 0.25) is 0 Å². The van der Waals surface area contributed by atoms with Gasteiger partial charge in [-0.2, -0.15) is 5.26 Å². The van der Waals surface area contributed by atoms with Gasteiger partial charge >= 0.3 is 0 Å². The lowest BCUT2D eigenvalue weighted by Gasteiger charge is -2.22. The lowest BCUT2D eigenvalue weighted by molar-refractivity contribution is 0.406. The maximum atomic E-state index is 9.10. The van der Waals surface area contributed by atoms with Crippen LogP contribution in [0.25, 0.3) is 0 Å². The van der Waals surface area contributed by atoms with Crippen LogP contribution in [0.3, 0.4) is 0 Å². The molecule has 2 aliphatic carbocycles. The summed E-state index contributed by atoms with van der Waals surface area (Å²) in [6.07, 6.45) is 5.88. The summed E-state index contributed by atoms with van der Waals surface area (Å²) in [6, 6.07) is 3.13. The number of rotatable bonds is 2. The van der Waals surface area contributed by atoms with Crippen molar-refractivity contribution in [3.8, 4) is 6.07 Å². The molecule has 2 saturated carbocycles. The largest absolute Gasteiger partial charge is 0.297 e. The van der Waals surface area contributed by atoms with Crippen molar-refractivity contribution < 1.29 is 0 Å². The fraction of sp³-hybridized carbons (Fsp3) is 0.900. The number of nitrogens with zero attached hydrogens (tertiary/aromatic N) is 1. The normalized spacial score (nSPS) is 41.2. The van der Waals surface area contributed by atoms with E-state index < -0.39 is 0 Å². The molecule has 0 amide bonds. The topological polar surface area (TPSA) is 35.8 Å². The van der Waals surface area contributed by atoms with Crippen molar-refractivity contribution in [2.45, 2.75) is 50.6 Å². The van der Waals surface area contributed by atoms with Crippen LogP contribution >= 0.6 is 0 Å². The van der Waals surface area contributed by atoms with Crippen LogP contribution in [-0.4, -0.2) is 11.6 Å². The zero-order valence-corrected chi connectivity index (χ0v) is 7.64. The van der Waals surface area contributed by atoms with Crippen molar-refractivity contribution in [2.75, 3.05) is 0 Å². The molecule has 0 radical (unpaired) electrons. The molecule has 2 fully saturated rings. The van der Waals surface area contributed by atoms with Crippen molar-refractivity contribution in [2.24, 2.45) is 5.92 Å². The van der Waals surface area contributed by atoms with Gasteiger partial charge in [0.25, 0.3) is 0 Å². The number of nitrogens with one attached hydrogen (secondary N) is 1. The molecule has 0 heterocycles. The summed E-state index contributed by atoms with van der Waals surface area (Å²) in [4.78, 5) is 0. The Balaban J connectivity index is 1.99. The van der Waals surface area contributed by atoms with Crippen molar-refractivity contribution in [3.05, 3.63) is 0 Å². The molecule has 1 N–H and O–H groups in total. The van der Waals surface area contributed by atoms with Gasteiger partial charge in [0, 0.05) is 6.04 Å². The Morgan fingerprint density at radius 2 is 2.17 bits per heavy atom. The molecule has 0 spiro atoms. The molecule has 0 saturated heterocycles. The van der Waals surface area contributed by atoms with Crippen LogP contribution < -0.4 is 5.32 Å². The van der Waals surface area contributed by atoms with Crippen molar-refractivity contribution >= 4 is 0 Å². The fourth-order valence-corrected chi connectivity index (χ4v) is 2.18. The van der Waals surface area contributed by atoms with Gasteiger partial charge in [-0.1, -0.05) is 6.92 Å². The Morgan fingerprint density at radius 3 is 2.58 bits per heavy atom. The fourth-order valence-electron chi connectivity index (χ4n) is 2.18. The van der Waals surface area contributed by atoms with Gasteiger partial charge in [0.15, 0.2) is 0 Å². The first-order valence-electron chi connectivity index (χ1n) is 4.93. The van der Waals surface area contributed by atoms with Crippen LogP contribution in [0.1, 0.15) is 39.0 Å². The minimum atomic E-state index is -0.152. The van der Waals surface area contributed by atoms with Gasteiger partial charge in [0.1, 0.15) is 5.54 Å². The molecule has 0 aromatic carbocycles. The number of hydrogen-bond acceptors (Lipinski definition) is 2. The summed E-state index contributed by atoms with van der Waals surface area (Å²) in [6.45, 7) is 2.24. The Bertz CT molecular complexity index is 214. The minimum absolute atomic E-state index is 0.152. The molecule has 66 valence electrons. The van der Waals surface area contributed by atoms with Crippen LogP contribution in [0.4, 0.5) is 0 Å². The Kier molecular flexibility index (Phi) is 1.84. The lowest BCUT2D eigenvalue weighted by Crippen LogP contribution is -2.42. The predicted octanol–water partition coefficient (Wildman–Crippen LogP) is 1.82. The van der Waals surface area contributed by atoms with Crippen LogP contribution in [-0.2, 0) is 0 Å². The van der Waals surface area contributed by atoms with Crippen LogP contribution in [0.5, 0.6) is 0 Å². The summed E-state index contributed by atoms with van der Waals surface area (Å²) in [5, 5.41) is 12.6. The standard InChI is InChI=1S/C10H16N2/c1-8-4-5-10(6-8,7-11)12-9-2-3-9/h8-9,12H,2-6H2,1H3. The van der Waals surface area contributed by atoms with E-state index in [0.717, 1.165) is 18.8 Å². The van der Waals surface area contributed by atoms with E-state index in [4.69, 9.17) is 5.26 Å².